The van der Waals surface area contributed by atoms with Crippen LogP contribution in [0.3, 0.4) is 0 Å². The molecule has 0 aromatic carbocycles. The summed E-state index contributed by atoms with van der Waals surface area (Å²) in [6.07, 6.45) is 1.50. The molecule has 3 heterocycles. The summed E-state index contributed by atoms with van der Waals surface area (Å²) in [5, 5.41) is 5.02. The van der Waals surface area contributed by atoms with Crippen molar-refractivity contribution in [2.75, 3.05) is 19.6 Å². The zero-order valence-corrected chi connectivity index (χ0v) is 4.88. The summed E-state index contributed by atoms with van der Waals surface area (Å²) < 4.78 is 0. The second-order valence-electron chi connectivity index (χ2n) is 3.25. The molecule has 0 spiro atoms. The molecule has 0 N–H and O–H groups in total. The van der Waals surface area contributed by atoms with Crippen LogP contribution in [0.15, 0.2) is 0 Å². The average Bonchev–Trinajstić information content (AvgIpc) is 2.23. The Morgan fingerprint density at radius 3 is 2.38 bits per heavy atom. The van der Waals surface area contributed by atoms with Crippen LogP contribution in [-0.2, 0) is 0 Å². The van der Waals surface area contributed by atoms with Gasteiger partial charge in [-0.2, -0.15) is 0 Å². The van der Waals surface area contributed by atoms with E-state index in [0.29, 0.717) is 0 Å². The number of hydrazine groups is 1. The summed E-state index contributed by atoms with van der Waals surface area (Å²) in [6.45, 7) is 4.12. The minimum atomic E-state index is 0.980. The minimum Gasteiger partial charge on any atom is -0.240 e. The summed E-state index contributed by atoms with van der Waals surface area (Å²) in [5.41, 5.74) is 0. The van der Waals surface area contributed by atoms with Crippen molar-refractivity contribution < 1.29 is 0 Å². The topological polar surface area (TPSA) is 6.48 Å². The molecule has 3 rings (SSSR count). The molecule has 2 heteroatoms. The summed E-state index contributed by atoms with van der Waals surface area (Å²) >= 11 is 0. The Balaban J connectivity index is 2.03. The number of fused-ring (bicyclic) bond motifs is 1. The van der Waals surface area contributed by atoms with E-state index in [1.165, 1.54) is 26.1 Å². The van der Waals surface area contributed by atoms with Crippen molar-refractivity contribution in [2.45, 2.75) is 12.5 Å². The van der Waals surface area contributed by atoms with E-state index in [2.05, 4.69) is 10.0 Å². The molecule has 2 atom stereocenters. The Bertz CT molecular complexity index is 120. The highest BCUT2D eigenvalue weighted by atomic mass is 15.7. The van der Waals surface area contributed by atoms with Gasteiger partial charge >= 0.3 is 0 Å². The average molecular weight is 110 g/mol. The van der Waals surface area contributed by atoms with Crippen LogP contribution in [0, 0.1) is 5.92 Å². The molecular formula is C6H10N2. The van der Waals surface area contributed by atoms with Crippen LogP contribution in [0.1, 0.15) is 6.42 Å². The Hall–Kier alpha value is -0.0800. The Morgan fingerprint density at radius 1 is 1.12 bits per heavy atom. The Labute approximate surface area is 49.0 Å². The molecule has 0 amide bonds. The maximum atomic E-state index is 2.53. The standard InChI is InChI=1S/C6H10N2/c1-5-2-7-4-6(1)8(7)3-5/h5-6H,1-4H2. The van der Waals surface area contributed by atoms with Gasteiger partial charge < -0.3 is 0 Å². The van der Waals surface area contributed by atoms with E-state index in [-0.39, 0.29) is 0 Å². The summed E-state index contributed by atoms with van der Waals surface area (Å²) in [4.78, 5) is 0. The lowest BCUT2D eigenvalue weighted by Gasteiger charge is -2.47. The lowest BCUT2D eigenvalue weighted by Crippen LogP contribution is -2.60. The molecule has 2 nitrogen and oxygen atoms in total. The molecule has 0 aromatic rings. The molecule has 3 aliphatic heterocycles. The smallest absolute Gasteiger partial charge is 0.0391 e. The van der Waals surface area contributed by atoms with Gasteiger partial charge in [0.15, 0.2) is 0 Å². The zero-order valence-electron chi connectivity index (χ0n) is 4.88. The monoisotopic (exact) mass is 110 g/mol. The van der Waals surface area contributed by atoms with Gasteiger partial charge in [-0.05, 0) is 12.3 Å². The maximum Gasteiger partial charge on any atom is 0.0391 e. The van der Waals surface area contributed by atoms with Crippen molar-refractivity contribution in [3.05, 3.63) is 0 Å². The first-order valence-corrected chi connectivity index (χ1v) is 3.45. The predicted molar refractivity (Wildman–Crippen MR) is 30.2 cm³/mol. The fourth-order valence-electron chi connectivity index (χ4n) is 2.37. The second-order valence-corrected chi connectivity index (χ2v) is 3.25. The third kappa shape index (κ3) is 0.250. The highest BCUT2D eigenvalue weighted by molar-refractivity contribution is 5.00. The van der Waals surface area contributed by atoms with Gasteiger partial charge in [-0.3, -0.25) is 0 Å². The van der Waals surface area contributed by atoms with Gasteiger partial charge in [-0.25, -0.2) is 10.0 Å². The largest absolute Gasteiger partial charge is 0.240 e. The quantitative estimate of drug-likeness (QED) is 0.430. The molecule has 8 heavy (non-hydrogen) atoms. The van der Waals surface area contributed by atoms with Gasteiger partial charge in [0.25, 0.3) is 0 Å². The van der Waals surface area contributed by atoms with Gasteiger partial charge in [0.05, 0.1) is 0 Å². The van der Waals surface area contributed by atoms with Crippen molar-refractivity contribution in [3.8, 4) is 0 Å². The number of hydrogen-bond donors (Lipinski definition) is 0. The van der Waals surface area contributed by atoms with Crippen molar-refractivity contribution in [3.63, 3.8) is 0 Å². The van der Waals surface area contributed by atoms with Gasteiger partial charge in [0, 0.05) is 25.7 Å². The van der Waals surface area contributed by atoms with E-state index >= 15 is 0 Å². The van der Waals surface area contributed by atoms with Crippen LogP contribution >= 0.6 is 0 Å². The fraction of sp³-hybridized carbons (Fsp3) is 1.00. The molecule has 0 radical (unpaired) electrons. The predicted octanol–water partition coefficient (Wildman–Crippen LogP) is -0.0789. The van der Waals surface area contributed by atoms with E-state index in [4.69, 9.17) is 0 Å². The van der Waals surface area contributed by atoms with E-state index < -0.39 is 0 Å². The number of hydrogen-bond acceptors (Lipinski definition) is 2. The van der Waals surface area contributed by atoms with E-state index in [1.807, 2.05) is 0 Å². The molecular weight excluding hydrogens is 100 g/mol. The Morgan fingerprint density at radius 2 is 2.12 bits per heavy atom. The van der Waals surface area contributed by atoms with Crippen molar-refractivity contribution in [1.82, 2.24) is 10.0 Å². The van der Waals surface area contributed by atoms with Gasteiger partial charge in [-0.15, -0.1) is 0 Å². The summed E-state index contributed by atoms with van der Waals surface area (Å²) in [6, 6.07) is 0.980. The van der Waals surface area contributed by atoms with Gasteiger partial charge in [-0.1, -0.05) is 0 Å². The van der Waals surface area contributed by atoms with Crippen LogP contribution in [-0.4, -0.2) is 35.7 Å². The van der Waals surface area contributed by atoms with Crippen LogP contribution in [0.4, 0.5) is 0 Å². The third-order valence-electron chi connectivity index (χ3n) is 2.73. The first kappa shape index (κ1) is 3.85. The molecule has 3 fully saturated rings. The number of rotatable bonds is 0. The van der Waals surface area contributed by atoms with E-state index in [9.17, 15) is 0 Å². The third-order valence-corrected chi connectivity index (χ3v) is 2.73. The first-order valence-electron chi connectivity index (χ1n) is 3.45. The summed E-state index contributed by atoms with van der Waals surface area (Å²) in [7, 11) is 0. The van der Waals surface area contributed by atoms with Crippen LogP contribution in [0.25, 0.3) is 0 Å². The first-order chi connectivity index (χ1) is 3.93. The lowest BCUT2D eigenvalue weighted by molar-refractivity contribution is -0.127. The molecule has 0 aromatic heterocycles. The SMILES string of the molecule is C1C2CN3CC1N3C2. The second kappa shape index (κ2) is 0.957. The Kier molecular flexibility index (Phi) is 0.461. The highest BCUT2D eigenvalue weighted by Gasteiger charge is 2.50. The van der Waals surface area contributed by atoms with Gasteiger partial charge in [0.1, 0.15) is 0 Å². The van der Waals surface area contributed by atoms with Gasteiger partial charge in [0.2, 0.25) is 0 Å². The van der Waals surface area contributed by atoms with Crippen molar-refractivity contribution >= 4 is 0 Å². The molecule has 0 saturated carbocycles. The van der Waals surface area contributed by atoms with Crippen LogP contribution in [0.2, 0.25) is 0 Å². The van der Waals surface area contributed by atoms with Crippen molar-refractivity contribution in [2.24, 2.45) is 5.92 Å². The normalized spacial score (nSPS) is 52.5. The zero-order chi connectivity index (χ0) is 5.14. The van der Waals surface area contributed by atoms with Crippen LogP contribution in [0.5, 0.6) is 0 Å². The fourth-order valence-corrected chi connectivity index (χ4v) is 2.37. The van der Waals surface area contributed by atoms with Crippen LogP contribution < -0.4 is 0 Å². The molecule has 44 valence electrons. The highest BCUT2D eigenvalue weighted by Crippen LogP contribution is 2.40. The molecule has 3 saturated heterocycles. The minimum absolute atomic E-state index is 0.980. The van der Waals surface area contributed by atoms with E-state index in [1.54, 1.807) is 0 Å². The molecule has 0 aliphatic carbocycles. The van der Waals surface area contributed by atoms with E-state index in [0.717, 1.165) is 12.0 Å². The molecule has 2 bridgehead atoms. The summed E-state index contributed by atoms with van der Waals surface area (Å²) in [5.74, 6) is 1.05. The van der Waals surface area contributed by atoms with Crippen molar-refractivity contribution in [1.29, 1.82) is 0 Å². The number of nitrogens with zero attached hydrogens (tertiary/aromatic N) is 2. The molecule has 3 aliphatic rings. The maximum absolute atomic E-state index is 2.53. The number of piperidine rings is 1. The molecule has 2 unspecified atom stereocenters. The lowest BCUT2D eigenvalue weighted by atomic mass is 10.00.